The molecule has 1 aromatic carbocycles. The molecule has 148 valence electrons. The van der Waals surface area contributed by atoms with Gasteiger partial charge in [-0.15, -0.1) is 0 Å². The lowest BCUT2D eigenvalue weighted by atomic mass is 9.92. The molecule has 2 aliphatic rings. The maximum Gasteiger partial charge on any atom is 0.254 e. The fourth-order valence-corrected chi connectivity index (χ4v) is 4.42. The van der Waals surface area contributed by atoms with Gasteiger partial charge in [0.2, 0.25) is 5.91 Å². The lowest BCUT2D eigenvalue weighted by Crippen LogP contribution is -2.53. The van der Waals surface area contributed by atoms with Crippen molar-refractivity contribution in [3.8, 4) is 0 Å². The minimum Gasteiger partial charge on any atom is -0.341 e. The highest BCUT2D eigenvalue weighted by atomic mass is 16.2. The minimum absolute atomic E-state index is 0.112. The molecule has 1 aromatic rings. The first-order chi connectivity index (χ1) is 12.8. The van der Waals surface area contributed by atoms with Gasteiger partial charge in [0.25, 0.3) is 5.91 Å². The number of piperazine rings is 1. The fraction of sp³-hybridized carbons (Fsp3) is 0.636. The van der Waals surface area contributed by atoms with E-state index in [1.807, 2.05) is 41.8 Å². The van der Waals surface area contributed by atoms with Crippen LogP contribution >= 0.6 is 0 Å². The summed E-state index contributed by atoms with van der Waals surface area (Å²) < 4.78 is 0. The Kier molecular flexibility index (Phi) is 6.20. The molecule has 27 heavy (non-hydrogen) atoms. The average molecular weight is 372 g/mol. The number of amides is 2. The van der Waals surface area contributed by atoms with Gasteiger partial charge in [-0.2, -0.15) is 0 Å². The van der Waals surface area contributed by atoms with Gasteiger partial charge in [-0.25, -0.2) is 0 Å². The Morgan fingerprint density at radius 3 is 2.22 bits per heavy atom. The number of carbonyl (C=O) groups excluding carboxylic acids is 2. The van der Waals surface area contributed by atoms with Gasteiger partial charge in [-0.1, -0.05) is 26.0 Å². The summed E-state index contributed by atoms with van der Waals surface area (Å²) in [5.41, 5.74) is 3.01. The summed E-state index contributed by atoms with van der Waals surface area (Å²) in [7, 11) is 0. The molecule has 2 heterocycles. The van der Waals surface area contributed by atoms with Gasteiger partial charge in [-0.3, -0.25) is 14.5 Å². The smallest absolute Gasteiger partial charge is 0.254 e. The number of rotatable bonds is 3. The van der Waals surface area contributed by atoms with Crippen molar-refractivity contribution in [3.63, 3.8) is 0 Å². The topological polar surface area (TPSA) is 43.9 Å². The first kappa shape index (κ1) is 19.9. The van der Waals surface area contributed by atoms with Crippen molar-refractivity contribution in [2.24, 2.45) is 11.8 Å². The third-order valence-corrected chi connectivity index (χ3v) is 6.07. The van der Waals surface area contributed by atoms with Crippen molar-refractivity contribution in [3.05, 3.63) is 34.9 Å². The highest BCUT2D eigenvalue weighted by molar-refractivity contribution is 5.96. The maximum atomic E-state index is 12.9. The second kappa shape index (κ2) is 8.42. The minimum atomic E-state index is 0.112. The van der Waals surface area contributed by atoms with E-state index in [1.165, 1.54) is 6.42 Å². The van der Waals surface area contributed by atoms with Crippen LogP contribution in [0.25, 0.3) is 0 Å². The predicted octanol–water partition coefficient (Wildman–Crippen LogP) is 2.57. The molecule has 2 unspecified atom stereocenters. The number of piperidine rings is 1. The molecule has 5 nitrogen and oxygen atoms in total. The fourth-order valence-electron chi connectivity index (χ4n) is 4.42. The van der Waals surface area contributed by atoms with Crippen molar-refractivity contribution in [2.45, 2.75) is 34.1 Å². The van der Waals surface area contributed by atoms with Crippen molar-refractivity contribution < 1.29 is 9.59 Å². The molecule has 2 atom stereocenters. The number of nitrogens with zero attached hydrogens (tertiary/aromatic N) is 3. The molecule has 0 aromatic heterocycles. The van der Waals surface area contributed by atoms with Crippen LogP contribution in [0.2, 0.25) is 0 Å². The Morgan fingerprint density at radius 2 is 1.59 bits per heavy atom. The van der Waals surface area contributed by atoms with Gasteiger partial charge in [0.05, 0.1) is 6.54 Å². The third-order valence-electron chi connectivity index (χ3n) is 6.07. The van der Waals surface area contributed by atoms with Gasteiger partial charge >= 0.3 is 0 Å². The Bertz CT molecular complexity index is 685. The number of hydrogen-bond acceptors (Lipinski definition) is 3. The van der Waals surface area contributed by atoms with Crippen molar-refractivity contribution in [1.29, 1.82) is 0 Å². The first-order valence-electron chi connectivity index (χ1n) is 10.2. The van der Waals surface area contributed by atoms with Crippen LogP contribution in [0.15, 0.2) is 18.2 Å². The number of aryl methyl sites for hydroxylation is 1. The summed E-state index contributed by atoms with van der Waals surface area (Å²) in [5.74, 6) is 1.53. The molecule has 0 bridgehead atoms. The zero-order valence-corrected chi connectivity index (χ0v) is 17.2. The Morgan fingerprint density at radius 1 is 0.963 bits per heavy atom. The van der Waals surface area contributed by atoms with Gasteiger partial charge < -0.3 is 9.80 Å². The molecule has 0 N–H and O–H groups in total. The van der Waals surface area contributed by atoms with E-state index in [0.717, 1.165) is 42.9 Å². The molecular weight excluding hydrogens is 338 g/mol. The third kappa shape index (κ3) is 4.70. The molecule has 2 fully saturated rings. The average Bonchev–Trinajstić information content (AvgIpc) is 2.63. The van der Waals surface area contributed by atoms with Crippen LogP contribution in [-0.4, -0.2) is 72.3 Å². The quantitative estimate of drug-likeness (QED) is 0.820. The van der Waals surface area contributed by atoms with Crippen LogP contribution in [0, 0.1) is 25.7 Å². The molecule has 5 heteroatoms. The summed E-state index contributed by atoms with van der Waals surface area (Å²) >= 11 is 0. The second-order valence-corrected chi connectivity index (χ2v) is 8.56. The van der Waals surface area contributed by atoms with Gasteiger partial charge in [0, 0.05) is 44.8 Å². The Balaban J connectivity index is 1.52. The van der Waals surface area contributed by atoms with E-state index in [9.17, 15) is 9.59 Å². The van der Waals surface area contributed by atoms with E-state index < -0.39 is 0 Å². The predicted molar refractivity (Wildman–Crippen MR) is 108 cm³/mol. The molecule has 0 aliphatic carbocycles. The molecule has 2 amide bonds. The molecule has 2 aliphatic heterocycles. The zero-order valence-electron chi connectivity index (χ0n) is 17.2. The molecule has 3 rings (SSSR count). The highest BCUT2D eigenvalue weighted by Crippen LogP contribution is 2.21. The summed E-state index contributed by atoms with van der Waals surface area (Å²) in [5, 5.41) is 0. The van der Waals surface area contributed by atoms with Crippen LogP contribution in [0.4, 0.5) is 0 Å². The van der Waals surface area contributed by atoms with Crippen LogP contribution in [0.1, 0.15) is 41.8 Å². The standard InChI is InChI=1S/C22H33N3O2/c1-16-12-17(2)14-25(13-16)21(26)15-23-8-10-24(11-9-23)22(27)20-7-5-6-18(3)19(20)4/h5-7,16-17H,8-15H2,1-4H3. The Labute approximate surface area is 163 Å². The SMILES string of the molecule is Cc1cccc(C(=O)N2CCN(CC(=O)N3CC(C)CC(C)C3)CC2)c1C. The van der Waals surface area contributed by atoms with Crippen molar-refractivity contribution >= 4 is 11.8 Å². The van der Waals surface area contributed by atoms with E-state index >= 15 is 0 Å². The van der Waals surface area contributed by atoms with Crippen molar-refractivity contribution in [1.82, 2.24) is 14.7 Å². The molecule has 0 saturated carbocycles. The van der Waals surface area contributed by atoms with Gasteiger partial charge in [0.1, 0.15) is 0 Å². The van der Waals surface area contributed by atoms with E-state index in [2.05, 4.69) is 18.7 Å². The molecule has 0 radical (unpaired) electrons. The Hall–Kier alpha value is -1.88. The summed E-state index contributed by atoms with van der Waals surface area (Å²) in [6.45, 7) is 13.7. The van der Waals surface area contributed by atoms with E-state index in [4.69, 9.17) is 0 Å². The number of hydrogen-bond donors (Lipinski definition) is 0. The first-order valence-corrected chi connectivity index (χ1v) is 10.2. The van der Waals surface area contributed by atoms with Crippen LogP contribution in [0.5, 0.6) is 0 Å². The molecule has 0 spiro atoms. The van der Waals surface area contributed by atoms with E-state index in [1.54, 1.807) is 0 Å². The van der Waals surface area contributed by atoms with Gasteiger partial charge in [-0.05, 0) is 49.3 Å². The summed E-state index contributed by atoms with van der Waals surface area (Å²) in [6.07, 6.45) is 1.21. The molecular formula is C22H33N3O2. The highest BCUT2D eigenvalue weighted by Gasteiger charge is 2.28. The lowest BCUT2D eigenvalue weighted by Gasteiger charge is -2.38. The van der Waals surface area contributed by atoms with Gasteiger partial charge in [0.15, 0.2) is 0 Å². The van der Waals surface area contributed by atoms with Crippen molar-refractivity contribution in [2.75, 3.05) is 45.8 Å². The number of likely N-dealkylation sites (tertiary alicyclic amines) is 1. The summed E-state index contributed by atoms with van der Waals surface area (Å²) in [4.78, 5) is 31.7. The number of carbonyl (C=O) groups is 2. The zero-order chi connectivity index (χ0) is 19.6. The number of benzene rings is 1. The largest absolute Gasteiger partial charge is 0.341 e. The lowest BCUT2D eigenvalue weighted by molar-refractivity contribution is -0.135. The monoisotopic (exact) mass is 371 g/mol. The summed E-state index contributed by atoms with van der Waals surface area (Å²) in [6, 6.07) is 5.91. The van der Waals surface area contributed by atoms with E-state index in [-0.39, 0.29) is 11.8 Å². The maximum absolute atomic E-state index is 12.9. The van der Waals surface area contributed by atoms with Crippen LogP contribution < -0.4 is 0 Å². The molecule has 2 saturated heterocycles. The van der Waals surface area contributed by atoms with Crippen LogP contribution in [0.3, 0.4) is 0 Å². The normalized spacial score (nSPS) is 24.1. The second-order valence-electron chi connectivity index (χ2n) is 8.56. The van der Waals surface area contributed by atoms with Crippen LogP contribution in [-0.2, 0) is 4.79 Å². The van der Waals surface area contributed by atoms with E-state index in [0.29, 0.717) is 31.5 Å².